The van der Waals surface area contributed by atoms with Gasteiger partial charge in [-0.2, -0.15) is 0 Å². The van der Waals surface area contributed by atoms with E-state index in [1.807, 2.05) is 6.92 Å². The van der Waals surface area contributed by atoms with Crippen LogP contribution in [-0.2, 0) is 4.74 Å². The molecule has 1 N–H and O–H groups in total. The molecule has 0 aliphatic carbocycles. The average Bonchev–Trinajstić information content (AvgIpc) is 2.17. The summed E-state index contributed by atoms with van der Waals surface area (Å²) in [5.41, 5.74) is 0. The lowest BCUT2D eigenvalue weighted by Gasteiger charge is -2.37. The zero-order valence-electron chi connectivity index (χ0n) is 9.57. The monoisotopic (exact) mass is 201 g/mol. The summed E-state index contributed by atoms with van der Waals surface area (Å²) in [6.07, 6.45) is 2.13. The number of hydrogen-bond acceptors (Lipinski definition) is 3. The van der Waals surface area contributed by atoms with Crippen molar-refractivity contribution in [3.8, 4) is 0 Å². The van der Waals surface area contributed by atoms with Gasteiger partial charge < -0.3 is 9.84 Å². The highest BCUT2D eigenvalue weighted by molar-refractivity contribution is 4.76. The van der Waals surface area contributed by atoms with Crippen LogP contribution < -0.4 is 0 Å². The number of hydrogen-bond donors (Lipinski definition) is 1. The van der Waals surface area contributed by atoms with Gasteiger partial charge in [-0.3, -0.25) is 4.90 Å². The second kappa shape index (κ2) is 5.69. The van der Waals surface area contributed by atoms with Crippen molar-refractivity contribution in [2.45, 2.75) is 51.9 Å². The molecule has 1 rings (SSSR count). The maximum absolute atomic E-state index is 9.32. The quantitative estimate of drug-likeness (QED) is 0.743. The Morgan fingerprint density at radius 1 is 1.50 bits per heavy atom. The molecule has 0 spiro atoms. The molecule has 0 radical (unpaired) electrons. The molecule has 3 heteroatoms. The molecule has 0 bridgehead atoms. The molecule has 3 unspecified atom stereocenters. The van der Waals surface area contributed by atoms with Crippen LogP contribution in [0.5, 0.6) is 0 Å². The number of morpholine rings is 1. The third kappa shape index (κ3) is 3.56. The molecule has 0 amide bonds. The van der Waals surface area contributed by atoms with E-state index < -0.39 is 0 Å². The summed E-state index contributed by atoms with van der Waals surface area (Å²) in [6.45, 7) is 9.06. The largest absolute Gasteiger partial charge is 0.393 e. The van der Waals surface area contributed by atoms with Crippen LogP contribution in [0.2, 0.25) is 0 Å². The molecule has 1 aliphatic heterocycles. The van der Waals surface area contributed by atoms with Gasteiger partial charge in [-0.15, -0.1) is 0 Å². The molecule has 0 aromatic rings. The standard InChI is InChI=1S/C11H23NO2/c1-4-11-8-12(5-6-14-11)9(2)7-10(3)13/h9-11,13H,4-8H2,1-3H3. The van der Waals surface area contributed by atoms with Crippen molar-refractivity contribution in [1.82, 2.24) is 4.90 Å². The van der Waals surface area contributed by atoms with Crippen molar-refractivity contribution < 1.29 is 9.84 Å². The van der Waals surface area contributed by atoms with Gasteiger partial charge in [0.15, 0.2) is 0 Å². The van der Waals surface area contributed by atoms with E-state index in [0.717, 1.165) is 32.5 Å². The maximum atomic E-state index is 9.32. The zero-order valence-corrected chi connectivity index (χ0v) is 9.57. The van der Waals surface area contributed by atoms with Crippen molar-refractivity contribution in [3.63, 3.8) is 0 Å². The predicted molar refractivity (Wildman–Crippen MR) is 57.4 cm³/mol. The molecule has 1 heterocycles. The summed E-state index contributed by atoms with van der Waals surface area (Å²) in [5.74, 6) is 0. The molecule has 3 nitrogen and oxygen atoms in total. The van der Waals surface area contributed by atoms with Gasteiger partial charge in [0, 0.05) is 19.1 Å². The van der Waals surface area contributed by atoms with Crippen LogP contribution in [0, 0.1) is 0 Å². The fraction of sp³-hybridized carbons (Fsp3) is 1.00. The summed E-state index contributed by atoms with van der Waals surface area (Å²) in [4.78, 5) is 2.42. The lowest BCUT2D eigenvalue weighted by molar-refractivity contribution is -0.0471. The van der Waals surface area contributed by atoms with Crippen LogP contribution in [0.1, 0.15) is 33.6 Å². The second-order valence-electron chi connectivity index (χ2n) is 4.33. The molecule has 0 aromatic heterocycles. The van der Waals surface area contributed by atoms with E-state index >= 15 is 0 Å². The van der Waals surface area contributed by atoms with Crippen LogP contribution in [-0.4, -0.2) is 48.0 Å². The Labute approximate surface area is 87.1 Å². The average molecular weight is 201 g/mol. The Hall–Kier alpha value is -0.120. The molecule has 0 aromatic carbocycles. The highest BCUT2D eigenvalue weighted by Crippen LogP contribution is 2.14. The van der Waals surface area contributed by atoms with Gasteiger partial charge in [-0.25, -0.2) is 0 Å². The molecule has 1 saturated heterocycles. The van der Waals surface area contributed by atoms with Gasteiger partial charge in [-0.1, -0.05) is 6.92 Å². The van der Waals surface area contributed by atoms with E-state index in [4.69, 9.17) is 4.74 Å². The molecule has 14 heavy (non-hydrogen) atoms. The lowest BCUT2D eigenvalue weighted by Crippen LogP contribution is -2.47. The number of rotatable bonds is 4. The van der Waals surface area contributed by atoms with E-state index in [9.17, 15) is 5.11 Å². The smallest absolute Gasteiger partial charge is 0.0700 e. The number of aliphatic hydroxyl groups excluding tert-OH is 1. The minimum absolute atomic E-state index is 0.201. The van der Waals surface area contributed by atoms with E-state index in [1.165, 1.54) is 0 Å². The van der Waals surface area contributed by atoms with E-state index in [-0.39, 0.29) is 6.10 Å². The molecule has 84 valence electrons. The normalized spacial score (nSPS) is 28.7. The van der Waals surface area contributed by atoms with Crippen molar-refractivity contribution in [1.29, 1.82) is 0 Å². The first-order valence-corrected chi connectivity index (χ1v) is 5.67. The Bertz CT molecular complexity index is 161. The highest BCUT2D eigenvalue weighted by Gasteiger charge is 2.23. The first-order chi connectivity index (χ1) is 6.63. The fourth-order valence-corrected chi connectivity index (χ4v) is 2.03. The molecule has 1 aliphatic rings. The topological polar surface area (TPSA) is 32.7 Å². The van der Waals surface area contributed by atoms with Gasteiger partial charge in [0.2, 0.25) is 0 Å². The van der Waals surface area contributed by atoms with Crippen LogP contribution >= 0.6 is 0 Å². The molecule has 3 atom stereocenters. The predicted octanol–water partition coefficient (Wildman–Crippen LogP) is 1.26. The van der Waals surface area contributed by atoms with Gasteiger partial charge >= 0.3 is 0 Å². The Balaban J connectivity index is 2.35. The van der Waals surface area contributed by atoms with Crippen LogP contribution in [0.4, 0.5) is 0 Å². The SMILES string of the molecule is CCC1CN(C(C)CC(C)O)CCO1. The van der Waals surface area contributed by atoms with E-state index in [1.54, 1.807) is 0 Å². The summed E-state index contributed by atoms with van der Waals surface area (Å²) < 4.78 is 5.61. The number of ether oxygens (including phenoxy) is 1. The first-order valence-electron chi connectivity index (χ1n) is 5.67. The second-order valence-corrected chi connectivity index (χ2v) is 4.33. The van der Waals surface area contributed by atoms with Crippen LogP contribution in [0.25, 0.3) is 0 Å². The molecule has 0 saturated carbocycles. The van der Waals surface area contributed by atoms with Crippen molar-refractivity contribution in [3.05, 3.63) is 0 Å². The molecule has 1 fully saturated rings. The lowest BCUT2D eigenvalue weighted by atomic mass is 10.1. The van der Waals surface area contributed by atoms with Crippen LogP contribution in [0.3, 0.4) is 0 Å². The summed E-state index contributed by atoms with van der Waals surface area (Å²) in [5, 5.41) is 9.32. The van der Waals surface area contributed by atoms with E-state index in [0.29, 0.717) is 12.1 Å². The third-order valence-corrected chi connectivity index (χ3v) is 2.93. The van der Waals surface area contributed by atoms with Gasteiger partial charge in [0.05, 0.1) is 18.8 Å². The Kier molecular flexibility index (Phi) is 4.85. The van der Waals surface area contributed by atoms with Crippen molar-refractivity contribution in [2.24, 2.45) is 0 Å². The third-order valence-electron chi connectivity index (χ3n) is 2.93. The fourth-order valence-electron chi connectivity index (χ4n) is 2.03. The minimum Gasteiger partial charge on any atom is -0.393 e. The van der Waals surface area contributed by atoms with E-state index in [2.05, 4.69) is 18.7 Å². The van der Waals surface area contributed by atoms with Gasteiger partial charge in [0.25, 0.3) is 0 Å². The number of aliphatic hydroxyl groups is 1. The highest BCUT2D eigenvalue weighted by atomic mass is 16.5. The first kappa shape index (κ1) is 12.0. The van der Waals surface area contributed by atoms with Crippen molar-refractivity contribution in [2.75, 3.05) is 19.7 Å². The van der Waals surface area contributed by atoms with Crippen LogP contribution in [0.15, 0.2) is 0 Å². The van der Waals surface area contributed by atoms with Gasteiger partial charge in [-0.05, 0) is 26.7 Å². The summed E-state index contributed by atoms with van der Waals surface area (Å²) in [6, 6.07) is 0.466. The van der Waals surface area contributed by atoms with Crippen molar-refractivity contribution >= 4 is 0 Å². The Morgan fingerprint density at radius 3 is 2.79 bits per heavy atom. The molecular formula is C11H23NO2. The van der Waals surface area contributed by atoms with Gasteiger partial charge in [0.1, 0.15) is 0 Å². The summed E-state index contributed by atoms with van der Waals surface area (Å²) >= 11 is 0. The molecular weight excluding hydrogens is 178 g/mol. The number of nitrogens with zero attached hydrogens (tertiary/aromatic N) is 1. The Morgan fingerprint density at radius 2 is 2.21 bits per heavy atom. The minimum atomic E-state index is -0.201. The zero-order chi connectivity index (χ0) is 10.6. The maximum Gasteiger partial charge on any atom is 0.0700 e. The summed E-state index contributed by atoms with van der Waals surface area (Å²) in [7, 11) is 0.